The fourth-order valence-electron chi connectivity index (χ4n) is 5.12. The van der Waals surface area contributed by atoms with Crippen molar-refractivity contribution in [2.24, 2.45) is 0 Å². The molecule has 0 spiro atoms. The van der Waals surface area contributed by atoms with Gasteiger partial charge >= 0.3 is 0 Å². The molecule has 6 aromatic rings. The molecule has 1 aromatic carbocycles. The normalized spacial score (nSPS) is 15.4. The molecule has 0 saturated carbocycles. The quantitative estimate of drug-likeness (QED) is 0.326. The third kappa shape index (κ3) is 4.17. The van der Waals surface area contributed by atoms with E-state index in [2.05, 4.69) is 19.9 Å². The van der Waals surface area contributed by atoms with Crippen LogP contribution in [0.5, 0.6) is 0 Å². The third-order valence-corrected chi connectivity index (χ3v) is 7.23. The summed E-state index contributed by atoms with van der Waals surface area (Å²) in [4.78, 5) is 32.7. The fourth-order valence-corrected chi connectivity index (χ4v) is 5.34. The molecule has 3 N–H and O–H groups in total. The molecule has 1 atom stereocenters. The number of halogens is 1. The average molecular weight is 574 g/mol. The first-order chi connectivity index (χ1) is 19.1. The number of aromatic amines is 1. The van der Waals surface area contributed by atoms with Gasteiger partial charge in [0.2, 0.25) is 0 Å². The van der Waals surface area contributed by atoms with Crippen LogP contribution in [0, 0.1) is 0 Å². The number of nitrogens with two attached hydrogens (primary N) is 1. The molecule has 202 valence electrons. The lowest BCUT2D eigenvalue weighted by Crippen LogP contribution is -2.43. The monoisotopic (exact) mass is 573 g/mol. The summed E-state index contributed by atoms with van der Waals surface area (Å²) in [7, 11) is 0. The van der Waals surface area contributed by atoms with Crippen LogP contribution in [-0.4, -0.2) is 53.9 Å². The topological polar surface area (TPSA) is 132 Å². The van der Waals surface area contributed by atoms with Crippen molar-refractivity contribution >= 4 is 53.3 Å². The first-order valence-corrected chi connectivity index (χ1v) is 12.7. The smallest absolute Gasteiger partial charge is 0.284 e. The van der Waals surface area contributed by atoms with E-state index in [1.807, 2.05) is 42.6 Å². The molecular weight excluding hydrogens is 550 g/mol. The number of H-pyrrole nitrogens is 1. The summed E-state index contributed by atoms with van der Waals surface area (Å²) in [6.07, 6.45) is 6.83. The fraction of sp³-hybridized carbons (Fsp3) is 0.148. The maximum atomic E-state index is 13.9. The Kier molecular flexibility index (Phi) is 6.66. The summed E-state index contributed by atoms with van der Waals surface area (Å²) in [6, 6.07) is 14.3. The van der Waals surface area contributed by atoms with Gasteiger partial charge in [-0.15, -0.1) is 0 Å². The Morgan fingerprint density at radius 2 is 1.93 bits per heavy atom. The number of hydrogen-bond acceptors (Lipinski definition) is 8. The zero-order chi connectivity index (χ0) is 26.5. The minimum Gasteiger partial charge on any atom is -0.384 e. The minimum absolute atomic E-state index is 0. The first kappa shape index (κ1) is 25.9. The predicted octanol–water partition coefficient (Wildman–Crippen LogP) is 3.74. The van der Waals surface area contributed by atoms with Crippen molar-refractivity contribution in [3.63, 3.8) is 0 Å². The van der Waals surface area contributed by atoms with Crippen LogP contribution in [0.4, 0.5) is 11.6 Å². The molecule has 11 nitrogen and oxygen atoms in total. The number of pyridine rings is 1. The molecule has 1 saturated heterocycles. The van der Waals surface area contributed by atoms with Crippen LogP contribution in [0.2, 0.25) is 5.02 Å². The molecule has 0 amide bonds. The maximum absolute atomic E-state index is 13.9. The van der Waals surface area contributed by atoms with Crippen LogP contribution < -0.4 is 16.2 Å². The Labute approximate surface area is 239 Å². The molecule has 0 unspecified atom stereocenters. The molecule has 0 aliphatic carbocycles. The number of para-hydroxylation sites is 1. The number of anilines is 2. The van der Waals surface area contributed by atoms with Gasteiger partial charge in [0, 0.05) is 36.3 Å². The van der Waals surface area contributed by atoms with Crippen molar-refractivity contribution in [2.45, 2.75) is 6.04 Å². The van der Waals surface area contributed by atoms with Crippen molar-refractivity contribution in [1.82, 2.24) is 34.1 Å². The van der Waals surface area contributed by atoms with Crippen molar-refractivity contribution in [1.29, 1.82) is 0 Å². The second-order valence-electron chi connectivity index (χ2n) is 9.17. The predicted molar refractivity (Wildman–Crippen MR) is 159 cm³/mol. The van der Waals surface area contributed by atoms with Gasteiger partial charge in [-0.3, -0.25) is 9.36 Å². The molecule has 1 fully saturated rings. The number of hydrogen-bond donors (Lipinski definition) is 2. The number of morpholine rings is 1. The highest BCUT2D eigenvalue weighted by atomic mass is 35.5. The van der Waals surface area contributed by atoms with Crippen LogP contribution in [-0.2, 0) is 4.74 Å². The van der Waals surface area contributed by atoms with Gasteiger partial charge in [-0.1, -0.05) is 29.8 Å². The Morgan fingerprint density at radius 3 is 2.73 bits per heavy atom. The molecule has 6 heterocycles. The number of rotatable bonds is 4. The van der Waals surface area contributed by atoms with Gasteiger partial charge in [0.15, 0.2) is 5.82 Å². The lowest BCUT2D eigenvalue weighted by Gasteiger charge is -2.37. The summed E-state index contributed by atoms with van der Waals surface area (Å²) in [5.74, 6) is 1.64. The lowest BCUT2D eigenvalue weighted by molar-refractivity contribution is 0.0902. The van der Waals surface area contributed by atoms with Gasteiger partial charge in [0.05, 0.1) is 29.3 Å². The highest BCUT2D eigenvalue weighted by Crippen LogP contribution is 2.37. The van der Waals surface area contributed by atoms with E-state index in [-0.39, 0.29) is 19.1 Å². The molecule has 7 rings (SSSR count). The van der Waals surface area contributed by atoms with E-state index < -0.39 is 6.04 Å². The van der Waals surface area contributed by atoms with Crippen LogP contribution in [0.3, 0.4) is 0 Å². The second-order valence-corrected chi connectivity index (χ2v) is 9.58. The number of benzene rings is 1. The van der Waals surface area contributed by atoms with E-state index in [1.165, 1.54) is 10.8 Å². The van der Waals surface area contributed by atoms with Crippen molar-refractivity contribution in [2.75, 3.05) is 30.4 Å². The summed E-state index contributed by atoms with van der Waals surface area (Å²) < 4.78 is 9.09. The van der Waals surface area contributed by atoms with E-state index >= 15 is 0 Å². The summed E-state index contributed by atoms with van der Waals surface area (Å²) in [6.45, 7) is 1.31. The lowest BCUT2D eigenvalue weighted by atomic mass is 10.1. The standard InChI is InChI=1S/C27H22ClN9O2.H2S/c28-19-8-9-36-23(19)27(38)37(17-4-2-1-3-5-17)25(34-36)20-14-39-11-10-35(20)26-22-18(13-31-24(22)32-15-33-26)16-6-7-21(29)30-12-16;/h1-9,12-13,15,20H,10-11,14H2,(H2,29,30)(H,31,32,33);1H2/t20-;/m0./s1. The molecule has 1 aliphatic heterocycles. The summed E-state index contributed by atoms with van der Waals surface area (Å²) >= 11 is 6.40. The number of aromatic nitrogens is 7. The molecule has 13 heteroatoms. The van der Waals surface area contributed by atoms with Gasteiger partial charge in [-0.05, 0) is 30.3 Å². The van der Waals surface area contributed by atoms with E-state index in [0.29, 0.717) is 59.1 Å². The van der Waals surface area contributed by atoms with Crippen LogP contribution >= 0.6 is 25.1 Å². The number of nitrogen functional groups attached to an aromatic ring is 1. The van der Waals surface area contributed by atoms with Gasteiger partial charge in [-0.2, -0.15) is 18.6 Å². The number of ether oxygens (including phenoxy) is 1. The minimum atomic E-state index is -0.442. The maximum Gasteiger partial charge on any atom is 0.284 e. The Bertz CT molecular complexity index is 1890. The summed E-state index contributed by atoms with van der Waals surface area (Å²) in [5, 5.41) is 6.06. The zero-order valence-electron chi connectivity index (χ0n) is 21.0. The molecule has 0 radical (unpaired) electrons. The van der Waals surface area contributed by atoms with E-state index in [0.717, 1.165) is 16.5 Å². The van der Waals surface area contributed by atoms with Crippen LogP contribution in [0.15, 0.2) is 78.2 Å². The van der Waals surface area contributed by atoms with Gasteiger partial charge in [0.1, 0.15) is 35.2 Å². The van der Waals surface area contributed by atoms with Crippen LogP contribution in [0.1, 0.15) is 11.9 Å². The zero-order valence-corrected chi connectivity index (χ0v) is 22.8. The van der Waals surface area contributed by atoms with Gasteiger partial charge in [-0.25, -0.2) is 19.5 Å². The molecular formula is C27H24ClN9O2S. The highest BCUT2D eigenvalue weighted by molar-refractivity contribution is 7.59. The van der Waals surface area contributed by atoms with E-state index in [9.17, 15) is 4.79 Å². The van der Waals surface area contributed by atoms with Crippen molar-refractivity contribution in [3.8, 4) is 16.8 Å². The average Bonchev–Trinajstić information content (AvgIpc) is 3.57. The molecule has 40 heavy (non-hydrogen) atoms. The number of nitrogens with zero attached hydrogens (tertiary/aromatic N) is 7. The van der Waals surface area contributed by atoms with E-state index in [4.69, 9.17) is 32.2 Å². The summed E-state index contributed by atoms with van der Waals surface area (Å²) in [5.41, 5.74) is 8.98. The second kappa shape index (κ2) is 10.3. The van der Waals surface area contributed by atoms with Gasteiger partial charge in [0.25, 0.3) is 5.56 Å². The number of nitrogens with one attached hydrogen (secondary N) is 1. The Balaban J connectivity index is 0.00000289. The molecule has 5 aromatic heterocycles. The third-order valence-electron chi connectivity index (χ3n) is 6.92. The Hall–Kier alpha value is -4.39. The first-order valence-electron chi connectivity index (χ1n) is 12.3. The van der Waals surface area contributed by atoms with Crippen molar-refractivity contribution < 1.29 is 4.74 Å². The van der Waals surface area contributed by atoms with Crippen LogP contribution in [0.25, 0.3) is 33.4 Å². The van der Waals surface area contributed by atoms with Gasteiger partial charge < -0.3 is 20.4 Å². The molecule has 1 aliphatic rings. The highest BCUT2D eigenvalue weighted by Gasteiger charge is 2.33. The molecule has 0 bridgehead atoms. The largest absolute Gasteiger partial charge is 0.384 e. The van der Waals surface area contributed by atoms with E-state index in [1.54, 1.807) is 29.1 Å². The number of fused-ring (bicyclic) bond motifs is 2. The SMILES string of the molecule is Nc1ccc(-c2c[nH]c3ncnc(N4CCOC[C@H]4c4nn5ccc(Cl)c5c(=O)n4-c4ccccc4)c23)cn1.S. The van der Waals surface area contributed by atoms with Crippen molar-refractivity contribution in [3.05, 3.63) is 94.6 Å². The Morgan fingerprint density at radius 1 is 1.07 bits per heavy atom.